The molecule has 0 bridgehead atoms. The van der Waals surface area contributed by atoms with Crippen LogP contribution in [0.2, 0.25) is 10.0 Å². The molecule has 0 heterocycles. The van der Waals surface area contributed by atoms with Gasteiger partial charge in [-0.1, -0.05) is 41.4 Å². The van der Waals surface area contributed by atoms with Gasteiger partial charge in [0.1, 0.15) is 5.82 Å². The highest BCUT2D eigenvalue weighted by Gasteiger charge is 2.44. The van der Waals surface area contributed by atoms with Crippen LogP contribution in [0, 0.1) is 11.7 Å². The molecule has 7 heteroatoms. The minimum atomic E-state index is -1.08. The maximum absolute atomic E-state index is 13.0. The van der Waals surface area contributed by atoms with E-state index in [2.05, 4.69) is 5.32 Å². The Bertz CT molecular complexity index is 841. The van der Waals surface area contributed by atoms with E-state index in [1.807, 2.05) is 6.07 Å². The summed E-state index contributed by atoms with van der Waals surface area (Å²) in [6, 6.07) is 10.5. The van der Waals surface area contributed by atoms with Gasteiger partial charge in [0.2, 0.25) is 5.91 Å². The summed E-state index contributed by atoms with van der Waals surface area (Å²) in [6.45, 7) is -0.0512. The number of rotatable bonds is 6. The summed E-state index contributed by atoms with van der Waals surface area (Å²) in [5.74, 6) is -2.80. The fourth-order valence-corrected chi connectivity index (χ4v) is 3.28. The second-order valence-electron chi connectivity index (χ2n) is 6.31. The number of carbonyl (C=O) groups is 2. The van der Waals surface area contributed by atoms with Gasteiger partial charge in [0.25, 0.3) is 0 Å². The number of aliphatic carboxylic acids is 1. The van der Waals surface area contributed by atoms with E-state index >= 15 is 0 Å². The standard InChI is InChI=1S/C19H16Cl2FNO3/c20-16-6-3-11(7-17(16)21)13-8-14(13)18(24)23-9-15(19(25)26)10-1-4-12(22)5-2-10/h1-7,13-15H,8-9H2,(H,23,24)(H,25,26). The molecule has 0 aliphatic heterocycles. The molecule has 1 saturated carbocycles. The Hall–Kier alpha value is -2.11. The van der Waals surface area contributed by atoms with Crippen molar-refractivity contribution in [3.8, 4) is 0 Å². The summed E-state index contributed by atoms with van der Waals surface area (Å²) in [5, 5.41) is 13.0. The summed E-state index contributed by atoms with van der Waals surface area (Å²) in [7, 11) is 0. The first kappa shape index (κ1) is 18.7. The van der Waals surface area contributed by atoms with Crippen LogP contribution in [-0.4, -0.2) is 23.5 Å². The molecule has 1 fully saturated rings. The van der Waals surface area contributed by atoms with E-state index < -0.39 is 17.7 Å². The van der Waals surface area contributed by atoms with Gasteiger partial charge in [0.05, 0.1) is 16.0 Å². The third kappa shape index (κ3) is 4.17. The summed E-state index contributed by atoms with van der Waals surface area (Å²) in [6.07, 6.45) is 0.679. The first-order valence-corrected chi connectivity index (χ1v) is 8.83. The van der Waals surface area contributed by atoms with E-state index in [9.17, 15) is 19.1 Å². The Morgan fingerprint density at radius 1 is 1.15 bits per heavy atom. The number of carboxylic acid groups (broad SMARTS) is 1. The van der Waals surface area contributed by atoms with Crippen LogP contribution in [0.1, 0.15) is 29.4 Å². The largest absolute Gasteiger partial charge is 0.481 e. The maximum atomic E-state index is 13.0. The van der Waals surface area contributed by atoms with Crippen molar-refractivity contribution in [3.63, 3.8) is 0 Å². The second kappa shape index (κ2) is 7.64. The smallest absolute Gasteiger partial charge is 0.312 e. The normalized spacial score (nSPS) is 19.7. The number of halogens is 3. The number of hydrogen-bond acceptors (Lipinski definition) is 2. The predicted molar refractivity (Wildman–Crippen MR) is 97.1 cm³/mol. The van der Waals surface area contributed by atoms with Crippen LogP contribution in [0.3, 0.4) is 0 Å². The van der Waals surface area contributed by atoms with Gasteiger partial charge in [-0.25, -0.2) is 4.39 Å². The molecule has 3 rings (SSSR count). The molecule has 136 valence electrons. The monoisotopic (exact) mass is 395 g/mol. The Kier molecular flexibility index (Phi) is 5.49. The molecular weight excluding hydrogens is 380 g/mol. The van der Waals surface area contributed by atoms with E-state index in [4.69, 9.17) is 23.2 Å². The van der Waals surface area contributed by atoms with E-state index in [1.165, 1.54) is 24.3 Å². The molecule has 0 spiro atoms. The first-order valence-electron chi connectivity index (χ1n) is 8.07. The molecule has 0 saturated heterocycles. The molecule has 1 aliphatic rings. The Balaban J connectivity index is 1.60. The van der Waals surface area contributed by atoms with E-state index in [1.54, 1.807) is 12.1 Å². The second-order valence-corrected chi connectivity index (χ2v) is 7.12. The summed E-state index contributed by atoms with van der Waals surface area (Å²) in [5.41, 5.74) is 1.38. The highest BCUT2D eigenvalue weighted by atomic mass is 35.5. The highest BCUT2D eigenvalue weighted by Crippen LogP contribution is 2.48. The van der Waals surface area contributed by atoms with Crippen molar-refractivity contribution in [2.45, 2.75) is 18.3 Å². The zero-order valence-corrected chi connectivity index (χ0v) is 15.1. The maximum Gasteiger partial charge on any atom is 0.312 e. The van der Waals surface area contributed by atoms with Crippen molar-refractivity contribution >= 4 is 35.1 Å². The molecule has 3 unspecified atom stereocenters. The van der Waals surface area contributed by atoms with Gasteiger partial charge in [-0.15, -0.1) is 0 Å². The van der Waals surface area contributed by atoms with Gasteiger partial charge in [-0.3, -0.25) is 9.59 Å². The minimum absolute atomic E-state index is 0.0512. The molecule has 1 amide bonds. The number of amides is 1. The molecule has 3 atom stereocenters. The van der Waals surface area contributed by atoms with Crippen LogP contribution >= 0.6 is 23.2 Å². The Labute approximate surface area is 159 Å². The van der Waals surface area contributed by atoms with Crippen molar-refractivity contribution in [1.29, 1.82) is 0 Å². The van der Waals surface area contributed by atoms with Crippen molar-refractivity contribution in [2.75, 3.05) is 6.54 Å². The van der Waals surface area contributed by atoms with Gasteiger partial charge in [0.15, 0.2) is 0 Å². The zero-order chi connectivity index (χ0) is 18.8. The Morgan fingerprint density at radius 2 is 1.85 bits per heavy atom. The van der Waals surface area contributed by atoms with Crippen molar-refractivity contribution in [1.82, 2.24) is 5.32 Å². The fraction of sp³-hybridized carbons (Fsp3) is 0.263. The average molecular weight is 396 g/mol. The van der Waals surface area contributed by atoms with Crippen molar-refractivity contribution in [2.24, 2.45) is 5.92 Å². The molecular formula is C19H16Cl2FNO3. The molecule has 26 heavy (non-hydrogen) atoms. The number of nitrogens with one attached hydrogen (secondary N) is 1. The molecule has 2 aromatic rings. The van der Waals surface area contributed by atoms with E-state index in [-0.39, 0.29) is 24.3 Å². The van der Waals surface area contributed by atoms with Crippen molar-refractivity contribution < 1.29 is 19.1 Å². The summed E-state index contributed by atoms with van der Waals surface area (Å²) >= 11 is 11.9. The van der Waals surface area contributed by atoms with Crippen LogP contribution in [0.4, 0.5) is 4.39 Å². The first-order chi connectivity index (χ1) is 12.4. The van der Waals surface area contributed by atoms with E-state index in [0.717, 1.165) is 5.56 Å². The number of benzene rings is 2. The third-order valence-corrected chi connectivity index (χ3v) is 5.29. The average Bonchev–Trinajstić information content (AvgIpc) is 3.39. The number of hydrogen-bond donors (Lipinski definition) is 2. The molecule has 0 aromatic heterocycles. The minimum Gasteiger partial charge on any atom is -0.481 e. The van der Waals surface area contributed by atoms with Crippen LogP contribution in [-0.2, 0) is 9.59 Å². The lowest BCUT2D eigenvalue weighted by Gasteiger charge is -2.14. The van der Waals surface area contributed by atoms with Crippen LogP contribution in [0.15, 0.2) is 42.5 Å². The lowest BCUT2D eigenvalue weighted by Crippen LogP contribution is -2.33. The van der Waals surface area contributed by atoms with E-state index in [0.29, 0.717) is 22.0 Å². The van der Waals surface area contributed by atoms with Crippen LogP contribution in [0.25, 0.3) is 0 Å². The summed E-state index contributed by atoms with van der Waals surface area (Å²) < 4.78 is 13.0. The molecule has 0 radical (unpaired) electrons. The van der Waals surface area contributed by atoms with Crippen LogP contribution < -0.4 is 5.32 Å². The zero-order valence-electron chi connectivity index (χ0n) is 13.6. The number of carboxylic acids is 1. The van der Waals surface area contributed by atoms with Gasteiger partial charge >= 0.3 is 5.97 Å². The fourth-order valence-electron chi connectivity index (χ4n) is 2.97. The highest BCUT2D eigenvalue weighted by molar-refractivity contribution is 6.42. The van der Waals surface area contributed by atoms with Gasteiger partial charge in [0, 0.05) is 12.5 Å². The van der Waals surface area contributed by atoms with Gasteiger partial charge in [-0.05, 0) is 47.7 Å². The van der Waals surface area contributed by atoms with Crippen molar-refractivity contribution in [3.05, 3.63) is 69.5 Å². The topological polar surface area (TPSA) is 66.4 Å². The molecule has 1 aliphatic carbocycles. The SMILES string of the molecule is O=C(O)C(CNC(=O)C1CC1c1ccc(Cl)c(Cl)c1)c1ccc(F)cc1. The quantitative estimate of drug-likeness (QED) is 0.769. The Morgan fingerprint density at radius 3 is 2.46 bits per heavy atom. The molecule has 4 nitrogen and oxygen atoms in total. The predicted octanol–water partition coefficient (Wildman–Crippen LogP) is 4.22. The van der Waals surface area contributed by atoms with Gasteiger partial charge < -0.3 is 10.4 Å². The number of carbonyl (C=O) groups excluding carboxylic acids is 1. The van der Waals surface area contributed by atoms with Gasteiger partial charge in [-0.2, -0.15) is 0 Å². The lowest BCUT2D eigenvalue weighted by atomic mass is 9.99. The molecule has 2 N–H and O–H groups in total. The van der Waals surface area contributed by atoms with Crippen LogP contribution in [0.5, 0.6) is 0 Å². The lowest BCUT2D eigenvalue weighted by molar-refractivity contribution is -0.138. The molecule has 2 aromatic carbocycles. The third-order valence-electron chi connectivity index (χ3n) is 4.55. The summed E-state index contributed by atoms with van der Waals surface area (Å²) in [4.78, 5) is 23.8.